The standard InChI is InChI=1S/C14H11ClN2OS2/c1-2-17-13(18)11-10(7-20-12(11)16-14(17)19)8-3-5-9(15)6-4-8/h3-7H,2H2,1H3,(H,16,19). The van der Waals surface area contributed by atoms with E-state index in [1.165, 1.54) is 11.3 Å². The lowest BCUT2D eigenvalue weighted by molar-refractivity contribution is 0.706. The predicted molar refractivity (Wildman–Crippen MR) is 87.4 cm³/mol. The van der Waals surface area contributed by atoms with Crippen LogP contribution in [0, 0.1) is 4.77 Å². The van der Waals surface area contributed by atoms with Gasteiger partial charge in [-0.1, -0.05) is 23.7 Å². The summed E-state index contributed by atoms with van der Waals surface area (Å²) in [5.41, 5.74) is 1.85. The second kappa shape index (κ2) is 5.16. The Morgan fingerprint density at radius 1 is 1.35 bits per heavy atom. The van der Waals surface area contributed by atoms with Gasteiger partial charge in [-0.05, 0) is 36.8 Å². The number of nitrogens with zero attached hydrogens (tertiary/aromatic N) is 1. The number of thiophene rings is 1. The number of hydrogen-bond donors (Lipinski definition) is 1. The molecule has 0 unspecified atom stereocenters. The van der Waals surface area contributed by atoms with Gasteiger partial charge in [0.15, 0.2) is 4.77 Å². The van der Waals surface area contributed by atoms with Gasteiger partial charge in [-0.15, -0.1) is 11.3 Å². The van der Waals surface area contributed by atoms with Gasteiger partial charge in [-0.2, -0.15) is 0 Å². The summed E-state index contributed by atoms with van der Waals surface area (Å²) in [6.07, 6.45) is 0. The molecule has 1 aromatic carbocycles. The molecule has 3 rings (SSSR count). The first-order chi connectivity index (χ1) is 9.61. The molecular weight excluding hydrogens is 312 g/mol. The number of hydrogen-bond acceptors (Lipinski definition) is 3. The van der Waals surface area contributed by atoms with Crippen LogP contribution in [0.4, 0.5) is 0 Å². The molecule has 20 heavy (non-hydrogen) atoms. The Morgan fingerprint density at radius 2 is 2.05 bits per heavy atom. The van der Waals surface area contributed by atoms with E-state index >= 15 is 0 Å². The van der Waals surface area contributed by atoms with Crippen molar-refractivity contribution in [1.82, 2.24) is 9.55 Å². The van der Waals surface area contributed by atoms with E-state index in [1.54, 1.807) is 4.57 Å². The summed E-state index contributed by atoms with van der Waals surface area (Å²) in [5, 5.41) is 3.34. The highest BCUT2D eigenvalue weighted by molar-refractivity contribution is 7.71. The molecular formula is C14H11ClN2OS2. The Bertz CT molecular complexity index is 890. The van der Waals surface area contributed by atoms with Crippen molar-refractivity contribution < 1.29 is 0 Å². The first kappa shape index (κ1) is 13.5. The third kappa shape index (κ3) is 2.12. The average molecular weight is 323 g/mol. The molecule has 0 aliphatic heterocycles. The Morgan fingerprint density at radius 3 is 2.70 bits per heavy atom. The fourth-order valence-electron chi connectivity index (χ4n) is 2.18. The Kier molecular flexibility index (Phi) is 3.50. The van der Waals surface area contributed by atoms with Gasteiger partial charge in [0.1, 0.15) is 4.83 Å². The molecule has 0 saturated heterocycles. The molecule has 0 aliphatic rings. The summed E-state index contributed by atoms with van der Waals surface area (Å²) < 4.78 is 2.04. The molecule has 0 saturated carbocycles. The van der Waals surface area contributed by atoms with Gasteiger partial charge in [-0.25, -0.2) is 0 Å². The Balaban J connectivity index is 2.36. The van der Waals surface area contributed by atoms with E-state index in [0.29, 0.717) is 21.7 Å². The molecule has 0 fully saturated rings. The smallest absolute Gasteiger partial charge is 0.263 e. The number of halogens is 1. The number of H-pyrrole nitrogens is 1. The van der Waals surface area contributed by atoms with Crippen molar-refractivity contribution in [2.45, 2.75) is 13.5 Å². The minimum absolute atomic E-state index is 0.0440. The first-order valence-electron chi connectivity index (χ1n) is 6.12. The molecule has 0 aliphatic carbocycles. The van der Waals surface area contributed by atoms with Crippen molar-refractivity contribution in [3.63, 3.8) is 0 Å². The van der Waals surface area contributed by atoms with Crippen LogP contribution in [0.15, 0.2) is 34.4 Å². The van der Waals surface area contributed by atoms with Crippen LogP contribution in [0.1, 0.15) is 6.92 Å². The summed E-state index contributed by atoms with van der Waals surface area (Å²) in [7, 11) is 0. The summed E-state index contributed by atoms with van der Waals surface area (Å²) in [6.45, 7) is 2.46. The largest absolute Gasteiger partial charge is 0.323 e. The molecule has 0 amide bonds. The molecule has 0 atom stereocenters. The van der Waals surface area contributed by atoms with Crippen LogP contribution in [0.25, 0.3) is 21.3 Å². The van der Waals surface area contributed by atoms with Gasteiger partial charge >= 0.3 is 0 Å². The fourth-order valence-corrected chi connectivity index (χ4v) is 3.65. The molecule has 2 heterocycles. The molecule has 2 aromatic heterocycles. The SMILES string of the molecule is CCn1c(=S)[nH]c2scc(-c3ccc(Cl)cc3)c2c1=O. The second-order valence-corrected chi connectivity index (χ2v) is 6.04. The maximum absolute atomic E-state index is 12.6. The second-order valence-electron chi connectivity index (χ2n) is 4.34. The van der Waals surface area contributed by atoms with Crippen LogP contribution in [-0.2, 0) is 6.54 Å². The van der Waals surface area contributed by atoms with Crippen LogP contribution < -0.4 is 5.56 Å². The first-order valence-corrected chi connectivity index (χ1v) is 7.78. The summed E-state index contributed by atoms with van der Waals surface area (Å²) in [5.74, 6) is 0. The lowest BCUT2D eigenvalue weighted by atomic mass is 10.1. The maximum atomic E-state index is 12.6. The Labute approximate surface area is 129 Å². The molecule has 0 spiro atoms. The van der Waals surface area contributed by atoms with Crippen LogP contribution in [0.2, 0.25) is 5.02 Å². The zero-order valence-electron chi connectivity index (χ0n) is 10.6. The van der Waals surface area contributed by atoms with Crippen LogP contribution >= 0.6 is 35.2 Å². The molecule has 6 heteroatoms. The lowest BCUT2D eigenvalue weighted by Crippen LogP contribution is -2.20. The van der Waals surface area contributed by atoms with E-state index in [9.17, 15) is 4.79 Å². The van der Waals surface area contributed by atoms with Gasteiger partial charge in [0.25, 0.3) is 5.56 Å². The minimum Gasteiger partial charge on any atom is -0.323 e. The van der Waals surface area contributed by atoms with Gasteiger partial charge in [0, 0.05) is 22.5 Å². The Hall–Kier alpha value is -1.43. The lowest BCUT2D eigenvalue weighted by Gasteiger charge is -2.04. The zero-order valence-corrected chi connectivity index (χ0v) is 13.0. The number of benzene rings is 1. The third-order valence-electron chi connectivity index (χ3n) is 3.19. The molecule has 0 bridgehead atoms. The summed E-state index contributed by atoms with van der Waals surface area (Å²) in [6, 6.07) is 7.48. The predicted octanol–water partition coefficient (Wildman–Crippen LogP) is 4.46. The monoisotopic (exact) mass is 322 g/mol. The topological polar surface area (TPSA) is 37.8 Å². The molecule has 3 nitrogen and oxygen atoms in total. The number of nitrogens with one attached hydrogen (secondary N) is 1. The average Bonchev–Trinajstić information content (AvgIpc) is 2.84. The zero-order chi connectivity index (χ0) is 14.3. The van der Waals surface area contributed by atoms with Gasteiger partial charge in [0.2, 0.25) is 0 Å². The number of aromatic nitrogens is 2. The van der Waals surface area contributed by atoms with Gasteiger partial charge < -0.3 is 4.98 Å². The molecule has 1 N–H and O–H groups in total. The maximum Gasteiger partial charge on any atom is 0.263 e. The highest BCUT2D eigenvalue weighted by atomic mass is 35.5. The van der Waals surface area contributed by atoms with Crippen molar-refractivity contribution in [2.75, 3.05) is 0 Å². The van der Waals surface area contributed by atoms with Crippen LogP contribution in [-0.4, -0.2) is 9.55 Å². The normalized spacial score (nSPS) is 11.1. The minimum atomic E-state index is -0.0440. The fraction of sp³-hybridized carbons (Fsp3) is 0.143. The van der Waals surface area contributed by atoms with Crippen molar-refractivity contribution in [3.8, 4) is 11.1 Å². The van der Waals surface area contributed by atoms with E-state index in [2.05, 4.69) is 4.98 Å². The number of aromatic amines is 1. The van der Waals surface area contributed by atoms with Crippen molar-refractivity contribution >= 4 is 45.4 Å². The molecule has 0 radical (unpaired) electrons. The van der Waals surface area contributed by atoms with Crippen LogP contribution in [0.3, 0.4) is 0 Å². The molecule has 102 valence electrons. The summed E-state index contributed by atoms with van der Waals surface area (Å²) >= 11 is 12.6. The van der Waals surface area contributed by atoms with Gasteiger partial charge in [0.05, 0.1) is 5.39 Å². The van der Waals surface area contributed by atoms with E-state index in [4.69, 9.17) is 23.8 Å². The van der Waals surface area contributed by atoms with Crippen molar-refractivity contribution in [2.24, 2.45) is 0 Å². The van der Waals surface area contributed by atoms with Crippen molar-refractivity contribution in [1.29, 1.82) is 0 Å². The summed E-state index contributed by atoms with van der Waals surface area (Å²) in [4.78, 5) is 16.5. The highest BCUT2D eigenvalue weighted by Gasteiger charge is 2.13. The van der Waals surface area contributed by atoms with E-state index in [0.717, 1.165) is 16.0 Å². The highest BCUT2D eigenvalue weighted by Crippen LogP contribution is 2.31. The van der Waals surface area contributed by atoms with Crippen LogP contribution in [0.5, 0.6) is 0 Å². The number of fused-ring (bicyclic) bond motifs is 1. The van der Waals surface area contributed by atoms with E-state index < -0.39 is 0 Å². The number of rotatable bonds is 2. The van der Waals surface area contributed by atoms with E-state index in [1.807, 2.05) is 36.6 Å². The van der Waals surface area contributed by atoms with E-state index in [-0.39, 0.29) is 5.56 Å². The third-order valence-corrected chi connectivity index (χ3v) is 4.66. The quantitative estimate of drug-likeness (QED) is 0.707. The molecule has 3 aromatic rings. The van der Waals surface area contributed by atoms with Gasteiger partial charge in [-0.3, -0.25) is 9.36 Å². The van der Waals surface area contributed by atoms with Crippen molar-refractivity contribution in [3.05, 3.63) is 49.8 Å².